The molecule has 3 saturated heterocycles. The molecule has 66 valence electrons. The van der Waals surface area contributed by atoms with Crippen molar-refractivity contribution in [3.05, 3.63) is 0 Å². The summed E-state index contributed by atoms with van der Waals surface area (Å²) in [6, 6.07) is -0.179. The molecule has 3 aliphatic heterocycles. The third-order valence-electron chi connectivity index (χ3n) is 2.74. The summed E-state index contributed by atoms with van der Waals surface area (Å²) < 4.78 is 9.99. The number of aliphatic hydroxyl groups is 1. The minimum absolute atomic E-state index is 0.0434. The summed E-state index contributed by atoms with van der Waals surface area (Å²) in [5.41, 5.74) is 0. The smallest absolute Gasteiger partial charge is 0.410 e. The van der Waals surface area contributed by atoms with Crippen molar-refractivity contribution in [2.75, 3.05) is 13.2 Å². The molecule has 0 spiro atoms. The Morgan fingerprint density at radius 2 is 2.42 bits per heavy atom. The number of piperidine rings is 1. The molecular weight excluding hydrogens is 162 g/mol. The number of cyclic esters (lactones) is 1. The van der Waals surface area contributed by atoms with E-state index in [0.717, 1.165) is 0 Å². The summed E-state index contributed by atoms with van der Waals surface area (Å²) in [7, 11) is 0. The standard InChI is InChI=1S/C7H9NO4/c9-5-3-2-11-7(10)8(3)1-4-6(5)12-4/h3-6,9H,1-2H2/t3-,4-,5+,6-/m1/s1. The van der Waals surface area contributed by atoms with Crippen molar-refractivity contribution in [3.8, 4) is 0 Å². The zero-order valence-electron chi connectivity index (χ0n) is 6.34. The second-order valence-corrected chi connectivity index (χ2v) is 3.43. The van der Waals surface area contributed by atoms with Crippen LogP contribution < -0.4 is 0 Å². The Hall–Kier alpha value is -0.810. The van der Waals surface area contributed by atoms with E-state index in [9.17, 15) is 9.90 Å². The van der Waals surface area contributed by atoms with Gasteiger partial charge in [0.05, 0.1) is 12.6 Å². The van der Waals surface area contributed by atoms with Crippen LogP contribution in [0.25, 0.3) is 0 Å². The van der Waals surface area contributed by atoms with E-state index < -0.39 is 6.10 Å². The van der Waals surface area contributed by atoms with Crippen molar-refractivity contribution in [3.63, 3.8) is 0 Å². The molecule has 0 aliphatic carbocycles. The minimum Gasteiger partial charge on any atom is -0.447 e. The highest BCUT2D eigenvalue weighted by atomic mass is 16.6. The number of aliphatic hydroxyl groups excluding tert-OH is 1. The Morgan fingerprint density at radius 1 is 1.58 bits per heavy atom. The van der Waals surface area contributed by atoms with Crippen molar-refractivity contribution >= 4 is 6.09 Å². The van der Waals surface area contributed by atoms with Gasteiger partial charge in [0.25, 0.3) is 0 Å². The number of nitrogens with zero attached hydrogens (tertiary/aromatic N) is 1. The second kappa shape index (κ2) is 1.92. The highest BCUT2D eigenvalue weighted by molar-refractivity contribution is 5.70. The van der Waals surface area contributed by atoms with E-state index in [2.05, 4.69) is 0 Å². The summed E-state index contributed by atoms with van der Waals surface area (Å²) in [5, 5.41) is 9.61. The van der Waals surface area contributed by atoms with Crippen molar-refractivity contribution in [1.29, 1.82) is 0 Å². The van der Waals surface area contributed by atoms with Gasteiger partial charge in [0.2, 0.25) is 0 Å². The molecule has 0 aromatic carbocycles. The molecule has 0 saturated carbocycles. The SMILES string of the molecule is O=C1OC[C@@H]2[C@H](O)[C@@H]3O[C@@H]3CN12. The van der Waals surface area contributed by atoms with Crippen LogP contribution in [0.15, 0.2) is 0 Å². The van der Waals surface area contributed by atoms with E-state index in [1.165, 1.54) is 0 Å². The zero-order valence-corrected chi connectivity index (χ0v) is 6.34. The first-order valence-corrected chi connectivity index (χ1v) is 4.04. The molecule has 0 unspecified atom stereocenters. The lowest BCUT2D eigenvalue weighted by molar-refractivity contribution is 0.0585. The number of epoxide rings is 1. The summed E-state index contributed by atoms with van der Waals surface area (Å²) in [6.07, 6.45) is -0.897. The van der Waals surface area contributed by atoms with Crippen molar-refractivity contribution in [2.45, 2.75) is 24.4 Å². The maximum atomic E-state index is 11.1. The van der Waals surface area contributed by atoms with Crippen LogP contribution in [0.5, 0.6) is 0 Å². The fourth-order valence-electron chi connectivity index (χ4n) is 1.97. The molecule has 3 aliphatic rings. The Labute approximate surface area is 68.9 Å². The molecule has 0 aromatic rings. The predicted molar refractivity (Wildman–Crippen MR) is 36.5 cm³/mol. The molecule has 1 N–H and O–H groups in total. The van der Waals surface area contributed by atoms with E-state index in [4.69, 9.17) is 9.47 Å². The Kier molecular flexibility index (Phi) is 1.07. The van der Waals surface area contributed by atoms with Crippen LogP contribution in [0.3, 0.4) is 0 Å². The fraction of sp³-hybridized carbons (Fsp3) is 0.857. The maximum absolute atomic E-state index is 11.1. The molecule has 0 radical (unpaired) electrons. The predicted octanol–water partition coefficient (Wildman–Crippen LogP) is -1.05. The average Bonchev–Trinajstić information content (AvgIpc) is 2.73. The lowest BCUT2D eigenvalue weighted by Gasteiger charge is -2.27. The van der Waals surface area contributed by atoms with Crippen LogP contribution in [-0.2, 0) is 9.47 Å². The van der Waals surface area contributed by atoms with E-state index in [-0.39, 0.29) is 24.3 Å². The molecule has 3 heterocycles. The van der Waals surface area contributed by atoms with Crippen molar-refractivity contribution < 1.29 is 19.4 Å². The fourth-order valence-corrected chi connectivity index (χ4v) is 1.97. The Balaban J connectivity index is 1.88. The van der Waals surface area contributed by atoms with Crippen LogP contribution >= 0.6 is 0 Å². The largest absolute Gasteiger partial charge is 0.447 e. The zero-order chi connectivity index (χ0) is 8.29. The van der Waals surface area contributed by atoms with E-state index in [1.807, 2.05) is 0 Å². The summed E-state index contributed by atoms with van der Waals surface area (Å²) in [4.78, 5) is 12.6. The average molecular weight is 171 g/mol. The van der Waals surface area contributed by atoms with Gasteiger partial charge in [0.1, 0.15) is 24.9 Å². The molecule has 3 fully saturated rings. The number of hydrogen-bond acceptors (Lipinski definition) is 4. The number of carbonyl (C=O) groups is 1. The van der Waals surface area contributed by atoms with Gasteiger partial charge in [-0.3, -0.25) is 4.90 Å². The number of amides is 1. The molecule has 1 amide bonds. The number of ether oxygens (including phenoxy) is 2. The lowest BCUT2D eigenvalue weighted by Crippen LogP contribution is -2.50. The monoisotopic (exact) mass is 171 g/mol. The van der Waals surface area contributed by atoms with Crippen LogP contribution in [0.2, 0.25) is 0 Å². The van der Waals surface area contributed by atoms with Gasteiger partial charge in [-0.1, -0.05) is 0 Å². The molecule has 5 heteroatoms. The summed E-state index contributed by atoms with van der Waals surface area (Å²) >= 11 is 0. The van der Waals surface area contributed by atoms with Gasteiger partial charge < -0.3 is 14.6 Å². The van der Waals surface area contributed by atoms with Crippen LogP contribution in [0.1, 0.15) is 0 Å². The first-order chi connectivity index (χ1) is 5.77. The van der Waals surface area contributed by atoms with Crippen LogP contribution in [0.4, 0.5) is 4.79 Å². The van der Waals surface area contributed by atoms with Crippen LogP contribution in [-0.4, -0.2) is 53.6 Å². The van der Waals surface area contributed by atoms with Gasteiger partial charge in [-0.15, -0.1) is 0 Å². The van der Waals surface area contributed by atoms with E-state index >= 15 is 0 Å². The molecule has 12 heavy (non-hydrogen) atoms. The van der Waals surface area contributed by atoms with Gasteiger partial charge >= 0.3 is 6.09 Å². The Morgan fingerprint density at radius 3 is 3.25 bits per heavy atom. The van der Waals surface area contributed by atoms with Gasteiger partial charge in [-0.05, 0) is 0 Å². The third kappa shape index (κ3) is 0.676. The lowest BCUT2D eigenvalue weighted by atomic mass is 10.0. The summed E-state index contributed by atoms with van der Waals surface area (Å²) in [6.45, 7) is 0.873. The molecule has 4 atom stereocenters. The quantitative estimate of drug-likeness (QED) is 0.472. The van der Waals surface area contributed by atoms with E-state index in [1.54, 1.807) is 4.90 Å². The highest BCUT2D eigenvalue weighted by Crippen LogP contribution is 2.36. The molecular formula is C7H9NO4. The Bertz CT molecular complexity index is 244. The van der Waals surface area contributed by atoms with Crippen molar-refractivity contribution in [2.24, 2.45) is 0 Å². The molecule has 3 rings (SSSR count). The topological polar surface area (TPSA) is 62.3 Å². The van der Waals surface area contributed by atoms with Gasteiger partial charge in [0.15, 0.2) is 0 Å². The maximum Gasteiger partial charge on any atom is 0.410 e. The number of fused-ring (bicyclic) bond motifs is 2. The number of rotatable bonds is 0. The first-order valence-electron chi connectivity index (χ1n) is 4.04. The highest BCUT2D eigenvalue weighted by Gasteiger charge is 2.57. The van der Waals surface area contributed by atoms with Gasteiger partial charge in [-0.2, -0.15) is 0 Å². The molecule has 0 bridgehead atoms. The van der Waals surface area contributed by atoms with Crippen LogP contribution in [0, 0.1) is 0 Å². The van der Waals surface area contributed by atoms with E-state index in [0.29, 0.717) is 13.2 Å². The minimum atomic E-state index is -0.560. The van der Waals surface area contributed by atoms with Crippen molar-refractivity contribution in [1.82, 2.24) is 4.90 Å². The van der Waals surface area contributed by atoms with Gasteiger partial charge in [0, 0.05) is 0 Å². The number of carbonyl (C=O) groups excluding carboxylic acids is 1. The molecule has 0 aromatic heterocycles. The normalized spacial score (nSPS) is 49.8. The molecule has 5 nitrogen and oxygen atoms in total. The third-order valence-corrected chi connectivity index (χ3v) is 2.74. The number of hydrogen-bond donors (Lipinski definition) is 1. The summed E-state index contributed by atoms with van der Waals surface area (Å²) in [5.74, 6) is 0. The first kappa shape index (κ1) is 6.68. The second-order valence-electron chi connectivity index (χ2n) is 3.43. The van der Waals surface area contributed by atoms with Gasteiger partial charge in [-0.25, -0.2) is 4.79 Å².